The zero-order valence-corrected chi connectivity index (χ0v) is 12.4. The molecule has 0 spiro atoms. The van der Waals surface area contributed by atoms with Gasteiger partial charge in [0, 0.05) is 18.6 Å². The van der Waals surface area contributed by atoms with Gasteiger partial charge in [0.1, 0.15) is 0 Å². The molecule has 2 aromatic heterocycles. The zero-order chi connectivity index (χ0) is 14.3. The molecule has 0 unspecified atom stereocenters. The predicted octanol–water partition coefficient (Wildman–Crippen LogP) is 3.00. The molecule has 4 nitrogen and oxygen atoms in total. The highest BCUT2D eigenvalue weighted by Crippen LogP contribution is 2.01. The van der Waals surface area contributed by atoms with Crippen molar-refractivity contribution in [1.29, 1.82) is 0 Å². The molecule has 0 amide bonds. The summed E-state index contributed by atoms with van der Waals surface area (Å²) in [6.07, 6.45) is 7.20. The van der Waals surface area contributed by atoms with Crippen LogP contribution in [-0.4, -0.2) is 19.9 Å². The largest absolute Gasteiger partial charge is 0.258 e. The van der Waals surface area contributed by atoms with Crippen molar-refractivity contribution in [3.63, 3.8) is 0 Å². The lowest BCUT2D eigenvalue weighted by Crippen LogP contribution is -1.96. The van der Waals surface area contributed by atoms with Gasteiger partial charge in [0.25, 0.3) is 0 Å². The Morgan fingerprint density at radius 3 is 1.84 bits per heavy atom. The first kappa shape index (κ1) is 15.2. The van der Waals surface area contributed by atoms with Gasteiger partial charge in [0.05, 0.1) is 28.5 Å². The molecule has 0 aliphatic heterocycles. The fraction of sp³-hybridized carbons (Fsp3) is 0.467. The van der Waals surface area contributed by atoms with E-state index in [-0.39, 0.29) is 0 Å². The second kappa shape index (κ2) is 7.56. The summed E-state index contributed by atoms with van der Waals surface area (Å²) >= 11 is 0. The van der Waals surface area contributed by atoms with Gasteiger partial charge in [0.2, 0.25) is 0 Å². The van der Waals surface area contributed by atoms with Gasteiger partial charge in [0.15, 0.2) is 0 Å². The lowest BCUT2D eigenvalue weighted by molar-refractivity contribution is 0.935. The SMILES string of the molecule is CCc1ncc(C)nc1C.CCc1nccnc1C. The van der Waals surface area contributed by atoms with Crippen LogP contribution in [0.5, 0.6) is 0 Å². The van der Waals surface area contributed by atoms with Crippen molar-refractivity contribution < 1.29 is 0 Å². The highest BCUT2D eigenvalue weighted by molar-refractivity contribution is 5.11. The fourth-order valence-corrected chi connectivity index (χ4v) is 1.75. The average molecular weight is 258 g/mol. The molecule has 102 valence electrons. The van der Waals surface area contributed by atoms with Crippen LogP contribution in [0, 0.1) is 20.8 Å². The molecule has 0 aliphatic carbocycles. The Morgan fingerprint density at radius 1 is 0.789 bits per heavy atom. The van der Waals surface area contributed by atoms with Crippen molar-refractivity contribution in [2.45, 2.75) is 47.5 Å². The van der Waals surface area contributed by atoms with E-state index in [1.807, 2.05) is 27.0 Å². The van der Waals surface area contributed by atoms with Gasteiger partial charge < -0.3 is 0 Å². The van der Waals surface area contributed by atoms with E-state index >= 15 is 0 Å². The number of hydrogen-bond acceptors (Lipinski definition) is 4. The maximum Gasteiger partial charge on any atom is 0.0613 e. The molecule has 0 aliphatic rings. The van der Waals surface area contributed by atoms with Crippen LogP contribution in [0.1, 0.15) is 42.3 Å². The first-order valence-electron chi connectivity index (χ1n) is 6.64. The summed E-state index contributed by atoms with van der Waals surface area (Å²) in [7, 11) is 0. The third-order valence-electron chi connectivity index (χ3n) is 2.82. The zero-order valence-electron chi connectivity index (χ0n) is 12.4. The van der Waals surface area contributed by atoms with E-state index in [2.05, 4.69) is 33.8 Å². The minimum atomic E-state index is 0.971. The molecule has 4 heteroatoms. The van der Waals surface area contributed by atoms with Crippen molar-refractivity contribution in [2.75, 3.05) is 0 Å². The van der Waals surface area contributed by atoms with E-state index in [1.54, 1.807) is 12.4 Å². The quantitative estimate of drug-likeness (QED) is 0.831. The van der Waals surface area contributed by atoms with Gasteiger partial charge in [-0.1, -0.05) is 13.8 Å². The molecule has 0 aromatic carbocycles. The van der Waals surface area contributed by atoms with Gasteiger partial charge >= 0.3 is 0 Å². The second-order valence-corrected chi connectivity index (χ2v) is 4.34. The van der Waals surface area contributed by atoms with Crippen molar-refractivity contribution in [3.05, 3.63) is 47.1 Å². The van der Waals surface area contributed by atoms with Gasteiger partial charge in [-0.2, -0.15) is 0 Å². The predicted molar refractivity (Wildman–Crippen MR) is 77.0 cm³/mol. The van der Waals surface area contributed by atoms with Crippen molar-refractivity contribution in [3.8, 4) is 0 Å². The normalized spacial score (nSPS) is 9.74. The lowest BCUT2D eigenvalue weighted by Gasteiger charge is -1.99. The maximum atomic E-state index is 4.28. The van der Waals surface area contributed by atoms with Crippen LogP contribution in [0.2, 0.25) is 0 Å². The van der Waals surface area contributed by atoms with Crippen LogP contribution in [-0.2, 0) is 12.8 Å². The topological polar surface area (TPSA) is 51.6 Å². The summed E-state index contributed by atoms with van der Waals surface area (Å²) in [6.45, 7) is 10.1. The summed E-state index contributed by atoms with van der Waals surface area (Å²) in [6, 6.07) is 0. The average Bonchev–Trinajstić information content (AvgIpc) is 2.40. The Kier molecular flexibility index (Phi) is 6.06. The number of nitrogens with zero attached hydrogens (tertiary/aromatic N) is 4. The van der Waals surface area contributed by atoms with Gasteiger partial charge in [-0.25, -0.2) is 0 Å². The van der Waals surface area contributed by atoms with Crippen LogP contribution in [0.25, 0.3) is 0 Å². The molecular formula is C15H22N4. The number of rotatable bonds is 2. The Hall–Kier alpha value is -1.84. The molecule has 2 heterocycles. The van der Waals surface area contributed by atoms with Crippen molar-refractivity contribution >= 4 is 0 Å². The molecule has 2 aromatic rings. The smallest absolute Gasteiger partial charge is 0.0613 e. The third kappa shape index (κ3) is 4.73. The summed E-state index contributed by atoms with van der Waals surface area (Å²) in [4.78, 5) is 16.7. The lowest BCUT2D eigenvalue weighted by atomic mass is 10.2. The van der Waals surface area contributed by atoms with Crippen LogP contribution >= 0.6 is 0 Å². The van der Waals surface area contributed by atoms with E-state index in [1.165, 1.54) is 0 Å². The first-order valence-corrected chi connectivity index (χ1v) is 6.64. The fourth-order valence-electron chi connectivity index (χ4n) is 1.75. The summed E-state index contributed by atoms with van der Waals surface area (Å²) in [5.41, 5.74) is 5.29. The number of hydrogen-bond donors (Lipinski definition) is 0. The summed E-state index contributed by atoms with van der Waals surface area (Å²) < 4.78 is 0. The second-order valence-electron chi connectivity index (χ2n) is 4.34. The van der Waals surface area contributed by atoms with E-state index < -0.39 is 0 Å². The molecule has 0 fully saturated rings. The minimum absolute atomic E-state index is 0.971. The van der Waals surface area contributed by atoms with E-state index in [9.17, 15) is 0 Å². The molecule has 19 heavy (non-hydrogen) atoms. The highest BCUT2D eigenvalue weighted by Gasteiger charge is 1.96. The summed E-state index contributed by atoms with van der Waals surface area (Å²) in [5, 5.41) is 0. The Morgan fingerprint density at radius 2 is 1.37 bits per heavy atom. The van der Waals surface area contributed by atoms with Crippen LogP contribution in [0.4, 0.5) is 0 Å². The minimum Gasteiger partial charge on any atom is -0.258 e. The van der Waals surface area contributed by atoms with Crippen LogP contribution in [0.3, 0.4) is 0 Å². The Bertz CT molecular complexity index is 523. The van der Waals surface area contributed by atoms with Crippen LogP contribution in [0.15, 0.2) is 18.6 Å². The molecule has 0 saturated carbocycles. The van der Waals surface area contributed by atoms with Crippen molar-refractivity contribution in [1.82, 2.24) is 19.9 Å². The Labute approximate surface area is 115 Å². The molecule has 0 atom stereocenters. The van der Waals surface area contributed by atoms with Gasteiger partial charge in [-0.15, -0.1) is 0 Å². The van der Waals surface area contributed by atoms with Crippen molar-refractivity contribution in [2.24, 2.45) is 0 Å². The van der Waals surface area contributed by atoms with E-state index in [0.29, 0.717) is 0 Å². The van der Waals surface area contributed by atoms with Gasteiger partial charge in [-0.05, 0) is 33.6 Å². The molecule has 2 rings (SSSR count). The molecular weight excluding hydrogens is 236 g/mol. The molecule has 0 N–H and O–H groups in total. The van der Waals surface area contributed by atoms with Crippen LogP contribution < -0.4 is 0 Å². The monoisotopic (exact) mass is 258 g/mol. The molecule has 0 radical (unpaired) electrons. The maximum absolute atomic E-state index is 4.28. The third-order valence-corrected chi connectivity index (χ3v) is 2.82. The van der Waals surface area contributed by atoms with Gasteiger partial charge in [-0.3, -0.25) is 19.9 Å². The highest BCUT2D eigenvalue weighted by atomic mass is 14.8. The molecule has 0 saturated heterocycles. The standard InChI is InChI=1S/C8H12N2.C7H10N2/c1-4-8-7(3)10-6(2)5-9-8;1-3-7-6(2)8-4-5-9-7/h5H,4H2,1-3H3;4-5H,3H2,1-2H3. The van der Waals surface area contributed by atoms with E-state index in [4.69, 9.17) is 0 Å². The first-order chi connectivity index (χ1) is 9.08. The number of aryl methyl sites for hydroxylation is 5. The Balaban J connectivity index is 0.000000191. The number of aromatic nitrogens is 4. The van der Waals surface area contributed by atoms with E-state index in [0.717, 1.165) is 41.3 Å². The summed E-state index contributed by atoms with van der Waals surface area (Å²) in [5.74, 6) is 0. The molecule has 0 bridgehead atoms.